The van der Waals surface area contributed by atoms with Gasteiger partial charge in [-0.05, 0) is 12.1 Å². The molecule has 1 N–H and O–H groups in total. The number of aliphatic carboxylic acids is 1. The number of benzene rings is 1. The number of hydrogen-bond donors (Lipinski definition) is 1. The van der Waals surface area contributed by atoms with Crippen LogP contribution in [0.25, 0.3) is 0 Å². The molecule has 0 saturated carbocycles. The highest BCUT2D eigenvalue weighted by atomic mass is 35.5. The first-order valence-electron chi connectivity index (χ1n) is 4.74. The Labute approximate surface area is 108 Å². The number of ketones is 1. The Bertz CT molecular complexity index is 457. The molecule has 1 rings (SSSR count). The van der Waals surface area contributed by atoms with Gasteiger partial charge in [-0.2, -0.15) is 0 Å². The first-order chi connectivity index (χ1) is 7.97. The smallest absolute Gasteiger partial charge is 0.303 e. The van der Waals surface area contributed by atoms with Crippen molar-refractivity contribution in [2.24, 2.45) is 0 Å². The van der Waals surface area contributed by atoms with E-state index in [1.165, 1.54) is 19.2 Å². The summed E-state index contributed by atoms with van der Waals surface area (Å²) in [6, 6.07) is 2.99. The van der Waals surface area contributed by atoms with Gasteiger partial charge in [0, 0.05) is 12.0 Å². The number of halogens is 2. The van der Waals surface area contributed by atoms with E-state index in [2.05, 4.69) is 0 Å². The molecular weight excluding hydrogens is 267 g/mol. The van der Waals surface area contributed by atoms with Crippen molar-refractivity contribution in [1.82, 2.24) is 0 Å². The molecule has 0 heterocycles. The van der Waals surface area contributed by atoms with Crippen molar-refractivity contribution in [3.63, 3.8) is 0 Å². The third-order valence-electron chi connectivity index (χ3n) is 2.13. The molecule has 0 saturated heterocycles. The van der Waals surface area contributed by atoms with E-state index in [1.54, 1.807) is 0 Å². The zero-order chi connectivity index (χ0) is 13.0. The monoisotopic (exact) mass is 276 g/mol. The summed E-state index contributed by atoms with van der Waals surface area (Å²) in [5.74, 6) is -1.03. The molecule has 92 valence electrons. The predicted molar refractivity (Wildman–Crippen MR) is 64.2 cm³/mol. The van der Waals surface area contributed by atoms with Crippen LogP contribution >= 0.6 is 23.2 Å². The van der Waals surface area contributed by atoms with E-state index in [0.29, 0.717) is 5.75 Å². The van der Waals surface area contributed by atoms with Gasteiger partial charge in [-0.25, -0.2) is 0 Å². The van der Waals surface area contributed by atoms with Crippen LogP contribution in [0.15, 0.2) is 12.1 Å². The first-order valence-corrected chi connectivity index (χ1v) is 5.50. The lowest BCUT2D eigenvalue weighted by Gasteiger charge is -2.08. The second-order valence-corrected chi connectivity index (χ2v) is 4.02. The van der Waals surface area contributed by atoms with Gasteiger partial charge in [0.15, 0.2) is 5.78 Å². The molecule has 0 radical (unpaired) electrons. The summed E-state index contributed by atoms with van der Waals surface area (Å²) in [7, 11) is 1.43. The van der Waals surface area contributed by atoms with E-state index in [9.17, 15) is 9.59 Å². The van der Waals surface area contributed by atoms with E-state index in [-0.39, 0.29) is 34.2 Å². The summed E-state index contributed by atoms with van der Waals surface area (Å²) in [5.41, 5.74) is 0.207. The van der Waals surface area contributed by atoms with Gasteiger partial charge in [-0.1, -0.05) is 23.2 Å². The van der Waals surface area contributed by atoms with Crippen LogP contribution in [0.3, 0.4) is 0 Å². The topological polar surface area (TPSA) is 63.6 Å². The van der Waals surface area contributed by atoms with Gasteiger partial charge in [-0.3, -0.25) is 9.59 Å². The van der Waals surface area contributed by atoms with Gasteiger partial charge >= 0.3 is 5.97 Å². The second-order valence-electron chi connectivity index (χ2n) is 3.26. The van der Waals surface area contributed by atoms with Crippen LogP contribution < -0.4 is 4.74 Å². The minimum atomic E-state index is -1.03. The fourth-order valence-corrected chi connectivity index (χ4v) is 1.76. The number of carbonyl (C=O) groups is 2. The standard InChI is InChI=1S/C11H10Cl2O4/c1-17-8-4-2-6(10(12)11(8)13)7(14)3-5-9(15)16/h2,4H,3,5H2,1H3,(H,15,16). The average Bonchev–Trinajstić information content (AvgIpc) is 2.29. The summed E-state index contributed by atoms with van der Waals surface area (Å²) in [6.45, 7) is 0. The minimum absolute atomic E-state index is 0.0846. The molecule has 0 amide bonds. The number of methoxy groups -OCH3 is 1. The predicted octanol–water partition coefficient (Wildman–Crippen LogP) is 3.05. The zero-order valence-electron chi connectivity index (χ0n) is 9.00. The van der Waals surface area contributed by atoms with Gasteiger partial charge < -0.3 is 9.84 Å². The molecule has 0 bridgehead atoms. The molecule has 1 aromatic carbocycles. The molecule has 0 atom stereocenters. The normalized spacial score (nSPS) is 10.1. The Morgan fingerprint density at radius 2 is 1.88 bits per heavy atom. The number of carboxylic acid groups (broad SMARTS) is 1. The van der Waals surface area contributed by atoms with Crippen molar-refractivity contribution in [3.05, 3.63) is 27.7 Å². The molecule has 0 aromatic heterocycles. The highest BCUT2D eigenvalue weighted by Gasteiger charge is 2.16. The van der Waals surface area contributed by atoms with Crippen LogP contribution in [-0.4, -0.2) is 24.0 Å². The number of hydrogen-bond acceptors (Lipinski definition) is 3. The molecule has 0 aliphatic carbocycles. The fraction of sp³-hybridized carbons (Fsp3) is 0.273. The van der Waals surface area contributed by atoms with Gasteiger partial charge in [0.2, 0.25) is 0 Å². The Morgan fingerprint density at radius 1 is 1.24 bits per heavy atom. The molecule has 4 nitrogen and oxygen atoms in total. The van der Waals surface area contributed by atoms with E-state index < -0.39 is 5.97 Å². The van der Waals surface area contributed by atoms with Crippen LogP contribution in [-0.2, 0) is 4.79 Å². The quantitative estimate of drug-likeness (QED) is 0.840. The van der Waals surface area contributed by atoms with Gasteiger partial charge in [0.05, 0.1) is 18.6 Å². The van der Waals surface area contributed by atoms with Crippen molar-refractivity contribution in [3.8, 4) is 5.75 Å². The molecule has 0 fully saturated rings. The summed E-state index contributed by atoms with van der Waals surface area (Å²) in [5, 5.41) is 8.72. The minimum Gasteiger partial charge on any atom is -0.495 e. The molecule has 0 unspecified atom stereocenters. The first kappa shape index (κ1) is 13.8. The molecule has 1 aromatic rings. The second kappa shape index (κ2) is 5.89. The van der Waals surface area contributed by atoms with Crippen molar-refractivity contribution in [2.75, 3.05) is 7.11 Å². The van der Waals surface area contributed by atoms with E-state index in [0.717, 1.165) is 0 Å². The molecular formula is C11H10Cl2O4. The largest absolute Gasteiger partial charge is 0.495 e. The van der Waals surface area contributed by atoms with Crippen LogP contribution in [0.4, 0.5) is 0 Å². The Balaban J connectivity index is 2.95. The lowest BCUT2D eigenvalue weighted by atomic mass is 10.1. The van der Waals surface area contributed by atoms with E-state index >= 15 is 0 Å². The maximum atomic E-state index is 11.7. The molecule has 17 heavy (non-hydrogen) atoms. The molecule has 0 aliphatic heterocycles. The van der Waals surface area contributed by atoms with Gasteiger partial charge in [0.1, 0.15) is 10.8 Å². The van der Waals surface area contributed by atoms with E-state index in [4.69, 9.17) is 33.0 Å². The van der Waals surface area contributed by atoms with Crippen LogP contribution in [0.1, 0.15) is 23.2 Å². The zero-order valence-corrected chi connectivity index (χ0v) is 10.5. The number of Topliss-reactive ketones (excluding diaryl/α,β-unsaturated/α-hetero) is 1. The van der Waals surface area contributed by atoms with Crippen molar-refractivity contribution in [2.45, 2.75) is 12.8 Å². The van der Waals surface area contributed by atoms with Crippen molar-refractivity contribution in [1.29, 1.82) is 0 Å². The van der Waals surface area contributed by atoms with Gasteiger partial charge in [0.25, 0.3) is 0 Å². The maximum Gasteiger partial charge on any atom is 0.303 e. The summed E-state index contributed by atoms with van der Waals surface area (Å²) >= 11 is 11.8. The Kier molecular flexibility index (Phi) is 4.78. The molecule has 6 heteroatoms. The lowest BCUT2D eigenvalue weighted by molar-refractivity contribution is -0.136. The van der Waals surface area contributed by atoms with Crippen molar-refractivity contribution >= 4 is 35.0 Å². The fourth-order valence-electron chi connectivity index (χ4n) is 1.26. The van der Waals surface area contributed by atoms with Crippen LogP contribution in [0.5, 0.6) is 5.75 Å². The van der Waals surface area contributed by atoms with Crippen LogP contribution in [0, 0.1) is 0 Å². The number of rotatable bonds is 5. The lowest BCUT2D eigenvalue weighted by Crippen LogP contribution is -2.05. The van der Waals surface area contributed by atoms with E-state index in [1.807, 2.05) is 0 Å². The average molecular weight is 277 g/mol. The summed E-state index contributed by atoms with van der Waals surface area (Å²) in [4.78, 5) is 22.0. The molecule has 0 spiro atoms. The summed E-state index contributed by atoms with van der Waals surface area (Å²) in [6.07, 6.45) is -0.351. The number of carbonyl (C=O) groups excluding carboxylic acids is 1. The maximum absolute atomic E-state index is 11.7. The highest BCUT2D eigenvalue weighted by Crippen LogP contribution is 2.35. The van der Waals surface area contributed by atoms with Crippen molar-refractivity contribution < 1.29 is 19.4 Å². The molecule has 0 aliphatic rings. The Hall–Kier alpha value is -1.26. The Morgan fingerprint density at radius 3 is 2.41 bits per heavy atom. The SMILES string of the molecule is COc1ccc(C(=O)CCC(=O)O)c(Cl)c1Cl. The summed E-state index contributed by atoms with van der Waals surface area (Å²) < 4.78 is 4.94. The highest BCUT2D eigenvalue weighted by molar-refractivity contribution is 6.44. The van der Waals surface area contributed by atoms with Crippen LogP contribution in [0.2, 0.25) is 10.0 Å². The third kappa shape index (κ3) is 3.35. The van der Waals surface area contributed by atoms with Gasteiger partial charge in [-0.15, -0.1) is 0 Å². The number of ether oxygens (including phenoxy) is 1. The third-order valence-corrected chi connectivity index (χ3v) is 3.00. The number of carboxylic acids is 1.